The van der Waals surface area contributed by atoms with Gasteiger partial charge in [-0.05, 0) is 41.5 Å². The number of rotatable bonds is 11. The van der Waals surface area contributed by atoms with E-state index in [1.165, 1.54) is 0 Å². The number of nitrogens with zero attached hydrogens (tertiary/aromatic N) is 2. The lowest BCUT2D eigenvalue weighted by atomic mass is 9.96. The van der Waals surface area contributed by atoms with Crippen molar-refractivity contribution in [3.63, 3.8) is 0 Å². The Balaban J connectivity index is 1.27. The molecule has 1 aromatic heterocycles. The van der Waals surface area contributed by atoms with Gasteiger partial charge in [0.05, 0.1) is 31.3 Å². The Labute approximate surface area is 243 Å². The molecule has 0 fully saturated rings. The Kier molecular flexibility index (Phi) is 8.86. The minimum atomic E-state index is -0.886. The molecule has 0 saturated carbocycles. The van der Waals surface area contributed by atoms with Crippen LogP contribution in [0.15, 0.2) is 79.3 Å². The zero-order valence-corrected chi connectivity index (χ0v) is 23.4. The van der Waals surface area contributed by atoms with Gasteiger partial charge in [0.1, 0.15) is 17.5 Å². The molecule has 0 saturated heterocycles. The van der Waals surface area contributed by atoms with Gasteiger partial charge in [0, 0.05) is 48.8 Å². The molecule has 4 aromatic rings. The number of nitrogens with one attached hydrogen (secondary N) is 2. The first-order valence-corrected chi connectivity index (χ1v) is 13.7. The molecule has 0 aliphatic carbocycles. The molecular formula is C31H32ClN5O4. The SMILES string of the molecule is COc1ccc(Cn2cncc2CNC2CCOc3c(C(=O)N[C@@H](Cc4ccc(Cl)cc4)C(N)=O)cccc32)cc1. The molecule has 2 atom stereocenters. The molecule has 3 aromatic carbocycles. The van der Waals surface area contributed by atoms with Gasteiger partial charge < -0.3 is 30.4 Å². The van der Waals surface area contributed by atoms with Crippen molar-refractivity contribution in [1.29, 1.82) is 0 Å². The molecule has 212 valence electrons. The number of imidazole rings is 1. The van der Waals surface area contributed by atoms with Gasteiger partial charge in [-0.3, -0.25) is 9.59 Å². The van der Waals surface area contributed by atoms with Crippen LogP contribution in [-0.2, 0) is 24.3 Å². The zero-order chi connectivity index (χ0) is 28.8. The summed E-state index contributed by atoms with van der Waals surface area (Å²) in [6.45, 7) is 1.72. The van der Waals surface area contributed by atoms with Crippen molar-refractivity contribution in [2.24, 2.45) is 5.73 Å². The van der Waals surface area contributed by atoms with Gasteiger partial charge in [-0.25, -0.2) is 4.98 Å². The van der Waals surface area contributed by atoms with Crippen molar-refractivity contribution in [3.8, 4) is 11.5 Å². The van der Waals surface area contributed by atoms with E-state index in [2.05, 4.69) is 20.2 Å². The average molecular weight is 574 g/mol. The fraction of sp³-hybridized carbons (Fsp3) is 0.258. The number of para-hydroxylation sites is 1. The number of carbonyl (C=O) groups excluding carboxylic acids is 2. The summed E-state index contributed by atoms with van der Waals surface area (Å²) in [6, 6.07) is 19.6. The van der Waals surface area contributed by atoms with E-state index in [1.54, 1.807) is 37.4 Å². The number of ether oxygens (including phenoxy) is 2. The number of aromatic nitrogens is 2. The molecule has 2 heterocycles. The van der Waals surface area contributed by atoms with Crippen molar-refractivity contribution in [1.82, 2.24) is 20.2 Å². The number of methoxy groups -OCH3 is 1. The predicted octanol–water partition coefficient (Wildman–Crippen LogP) is 4.03. The lowest BCUT2D eigenvalue weighted by Gasteiger charge is -2.28. The van der Waals surface area contributed by atoms with Crippen LogP contribution in [0.3, 0.4) is 0 Å². The normalized spacial score (nSPS) is 14.9. The van der Waals surface area contributed by atoms with E-state index in [0.717, 1.165) is 34.6 Å². The number of carbonyl (C=O) groups is 2. The minimum Gasteiger partial charge on any atom is -0.497 e. The first kappa shape index (κ1) is 28.2. The van der Waals surface area contributed by atoms with Crippen LogP contribution >= 0.6 is 11.6 Å². The topological polar surface area (TPSA) is 120 Å². The smallest absolute Gasteiger partial charge is 0.255 e. The van der Waals surface area contributed by atoms with E-state index in [0.29, 0.717) is 36.0 Å². The van der Waals surface area contributed by atoms with Gasteiger partial charge in [0.2, 0.25) is 5.91 Å². The summed E-state index contributed by atoms with van der Waals surface area (Å²) in [5, 5.41) is 6.99. The Hall–Kier alpha value is -4.34. The Bertz CT molecular complexity index is 1500. The molecule has 10 heteroatoms. The third kappa shape index (κ3) is 6.87. The third-order valence-electron chi connectivity index (χ3n) is 7.16. The van der Waals surface area contributed by atoms with E-state index in [9.17, 15) is 9.59 Å². The molecule has 5 rings (SSSR count). The summed E-state index contributed by atoms with van der Waals surface area (Å²) in [6.07, 6.45) is 4.67. The van der Waals surface area contributed by atoms with Crippen LogP contribution in [-0.4, -0.2) is 41.1 Å². The van der Waals surface area contributed by atoms with E-state index < -0.39 is 17.9 Å². The average Bonchev–Trinajstić information content (AvgIpc) is 3.43. The number of primary amides is 1. The lowest BCUT2D eigenvalue weighted by molar-refractivity contribution is -0.119. The maximum absolute atomic E-state index is 13.3. The van der Waals surface area contributed by atoms with Gasteiger partial charge in [0.25, 0.3) is 5.91 Å². The van der Waals surface area contributed by atoms with Crippen LogP contribution in [0.2, 0.25) is 5.02 Å². The number of hydrogen-bond donors (Lipinski definition) is 3. The van der Waals surface area contributed by atoms with Crippen molar-refractivity contribution >= 4 is 23.4 Å². The van der Waals surface area contributed by atoms with E-state index in [4.69, 9.17) is 26.8 Å². The number of halogens is 1. The highest BCUT2D eigenvalue weighted by molar-refractivity contribution is 6.30. The molecule has 1 unspecified atom stereocenters. The summed E-state index contributed by atoms with van der Waals surface area (Å²) >= 11 is 5.97. The summed E-state index contributed by atoms with van der Waals surface area (Å²) < 4.78 is 13.3. The molecule has 1 aliphatic heterocycles. The highest BCUT2D eigenvalue weighted by atomic mass is 35.5. The Morgan fingerprint density at radius 1 is 1.12 bits per heavy atom. The zero-order valence-electron chi connectivity index (χ0n) is 22.7. The summed E-state index contributed by atoms with van der Waals surface area (Å²) in [5.41, 5.74) is 9.89. The van der Waals surface area contributed by atoms with Crippen LogP contribution in [0, 0.1) is 0 Å². The highest BCUT2D eigenvalue weighted by Gasteiger charge is 2.28. The van der Waals surface area contributed by atoms with Gasteiger partial charge in [-0.15, -0.1) is 0 Å². The second-order valence-corrected chi connectivity index (χ2v) is 10.4. The van der Waals surface area contributed by atoms with Gasteiger partial charge >= 0.3 is 0 Å². The van der Waals surface area contributed by atoms with Gasteiger partial charge in [0.15, 0.2) is 0 Å². The molecule has 9 nitrogen and oxygen atoms in total. The molecule has 1 aliphatic rings. The number of fused-ring (bicyclic) bond motifs is 1. The summed E-state index contributed by atoms with van der Waals surface area (Å²) in [4.78, 5) is 29.9. The lowest BCUT2D eigenvalue weighted by Crippen LogP contribution is -2.46. The van der Waals surface area contributed by atoms with Gasteiger partial charge in [-0.1, -0.05) is 48.0 Å². The fourth-order valence-corrected chi connectivity index (χ4v) is 5.05. The van der Waals surface area contributed by atoms with E-state index in [-0.39, 0.29) is 12.5 Å². The predicted molar refractivity (Wildman–Crippen MR) is 156 cm³/mol. The summed E-state index contributed by atoms with van der Waals surface area (Å²) in [7, 11) is 1.65. The number of nitrogens with two attached hydrogens (primary N) is 1. The van der Waals surface area contributed by atoms with Crippen molar-refractivity contribution < 1.29 is 19.1 Å². The van der Waals surface area contributed by atoms with Crippen LogP contribution in [0.25, 0.3) is 0 Å². The largest absolute Gasteiger partial charge is 0.497 e. The van der Waals surface area contributed by atoms with Crippen LogP contribution in [0.4, 0.5) is 0 Å². The fourth-order valence-electron chi connectivity index (χ4n) is 4.92. The standard InChI is InChI=1S/C31H32ClN5O4/c1-40-24-11-7-21(8-12-24)18-37-19-34-16-23(37)17-35-27-13-14-41-29-25(27)3-2-4-26(29)31(39)36-28(30(33)38)15-20-5-9-22(32)10-6-20/h2-12,16,19,27-28,35H,13-15,17-18H2,1H3,(H2,33,38)(H,36,39)/t27?,28-/m0/s1. The van der Waals surface area contributed by atoms with Crippen molar-refractivity contribution in [3.05, 3.63) is 112 Å². The number of benzene rings is 3. The first-order valence-electron chi connectivity index (χ1n) is 13.4. The molecule has 0 radical (unpaired) electrons. The van der Waals surface area contributed by atoms with Gasteiger partial charge in [-0.2, -0.15) is 0 Å². The molecule has 0 spiro atoms. The first-order chi connectivity index (χ1) is 19.9. The quantitative estimate of drug-likeness (QED) is 0.249. The summed E-state index contributed by atoms with van der Waals surface area (Å²) in [5.74, 6) is 0.289. The second kappa shape index (κ2) is 12.9. The number of hydrogen-bond acceptors (Lipinski definition) is 6. The minimum absolute atomic E-state index is 0.0307. The highest BCUT2D eigenvalue weighted by Crippen LogP contribution is 2.35. The molecular weight excluding hydrogens is 542 g/mol. The Morgan fingerprint density at radius 3 is 2.61 bits per heavy atom. The van der Waals surface area contributed by atoms with E-state index in [1.807, 2.05) is 48.9 Å². The molecule has 4 N–H and O–H groups in total. The molecule has 0 bridgehead atoms. The third-order valence-corrected chi connectivity index (χ3v) is 7.41. The monoisotopic (exact) mass is 573 g/mol. The maximum Gasteiger partial charge on any atom is 0.255 e. The van der Waals surface area contributed by atoms with Crippen molar-refractivity contribution in [2.75, 3.05) is 13.7 Å². The van der Waals surface area contributed by atoms with E-state index >= 15 is 0 Å². The maximum atomic E-state index is 13.3. The number of amides is 2. The second-order valence-electron chi connectivity index (χ2n) is 9.91. The van der Waals surface area contributed by atoms with Crippen LogP contribution in [0.5, 0.6) is 11.5 Å². The van der Waals surface area contributed by atoms with Crippen LogP contribution in [0.1, 0.15) is 45.2 Å². The Morgan fingerprint density at radius 2 is 1.88 bits per heavy atom. The van der Waals surface area contributed by atoms with Crippen molar-refractivity contribution in [2.45, 2.75) is 38.0 Å². The molecule has 2 amide bonds. The molecule has 41 heavy (non-hydrogen) atoms. The van der Waals surface area contributed by atoms with Crippen LogP contribution < -0.4 is 25.8 Å².